The maximum absolute atomic E-state index is 13.5. The highest BCUT2D eigenvalue weighted by atomic mass is 32.2. The van der Waals surface area contributed by atoms with Crippen LogP contribution in [0.2, 0.25) is 0 Å². The Bertz CT molecular complexity index is 1560. The Morgan fingerprint density at radius 2 is 1.53 bits per heavy atom. The Labute approximate surface area is 212 Å². The van der Waals surface area contributed by atoms with Crippen molar-refractivity contribution in [1.29, 1.82) is 0 Å². The number of nitrogens with one attached hydrogen (secondary N) is 1. The fourth-order valence-electron chi connectivity index (χ4n) is 3.69. The molecule has 0 aliphatic rings. The van der Waals surface area contributed by atoms with Crippen LogP contribution in [0.25, 0.3) is 16.6 Å². The third-order valence-electron chi connectivity index (χ3n) is 5.49. The Balaban J connectivity index is 1.43. The van der Waals surface area contributed by atoms with Crippen molar-refractivity contribution in [2.24, 2.45) is 0 Å². The minimum absolute atomic E-state index is 0.105. The maximum Gasteiger partial charge on any atom is 0.266 e. The van der Waals surface area contributed by atoms with Crippen LogP contribution >= 0.6 is 11.8 Å². The second-order valence-corrected chi connectivity index (χ2v) is 9.11. The van der Waals surface area contributed by atoms with Crippen LogP contribution in [0.15, 0.2) is 113 Å². The molecule has 6 nitrogen and oxygen atoms in total. The number of fused-ring (bicyclic) bond motifs is 1. The van der Waals surface area contributed by atoms with Gasteiger partial charge in [0.05, 0.1) is 22.3 Å². The smallest absolute Gasteiger partial charge is 0.266 e. The summed E-state index contributed by atoms with van der Waals surface area (Å²) in [5.74, 6) is 1.31. The first-order valence-corrected chi connectivity index (χ1v) is 12.4. The molecule has 36 heavy (non-hydrogen) atoms. The van der Waals surface area contributed by atoms with Gasteiger partial charge >= 0.3 is 0 Å². The zero-order valence-corrected chi connectivity index (χ0v) is 20.4. The van der Waals surface area contributed by atoms with Gasteiger partial charge < -0.3 is 10.1 Å². The molecule has 0 aliphatic carbocycles. The first kappa shape index (κ1) is 23.4. The van der Waals surface area contributed by atoms with Crippen molar-refractivity contribution in [1.82, 2.24) is 9.55 Å². The highest BCUT2D eigenvalue weighted by Gasteiger charge is 2.15. The zero-order valence-electron chi connectivity index (χ0n) is 19.5. The van der Waals surface area contributed by atoms with Gasteiger partial charge in [-0.15, -0.1) is 0 Å². The molecule has 0 radical (unpaired) electrons. The van der Waals surface area contributed by atoms with Gasteiger partial charge in [-0.05, 0) is 67.6 Å². The number of anilines is 1. The van der Waals surface area contributed by atoms with E-state index in [-0.39, 0.29) is 17.2 Å². The molecule has 5 aromatic rings. The van der Waals surface area contributed by atoms with Gasteiger partial charge in [0, 0.05) is 5.69 Å². The lowest BCUT2D eigenvalue weighted by Gasteiger charge is -2.14. The first-order valence-electron chi connectivity index (χ1n) is 11.4. The lowest BCUT2D eigenvalue weighted by molar-refractivity contribution is -0.113. The molecule has 0 unspecified atom stereocenters. The number of amides is 1. The number of rotatable bonds is 7. The van der Waals surface area contributed by atoms with Crippen molar-refractivity contribution < 1.29 is 9.53 Å². The number of nitrogens with zero attached hydrogens (tertiary/aromatic N) is 2. The zero-order chi connectivity index (χ0) is 24.9. The molecular weight excluding hydrogens is 470 g/mol. The van der Waals surface area contributed by atoms with Gasteiger partial charge in [0.1, 0.15) is 11.5 Å². The molecule has 7 heteroatoms. The van der Waals surface area contributed by atoms with Crippen LogP contribution in [0.1, 0.15) is 5.56 Å². The number of aromatic nitrogens is 2. The maximum atomic E-state index is 13.5. The van der Waals surface area contributed by atoms with Crippen LogP contribution < -0.4 is 15.6 Å². The largest absolute Gasteiger partial charge is 0.457 e. The normalized spacial score (nSPS) is 10.8. The van der Waals surface area contributed by atoms with Gasteiger partial charge in [0.15, 0.2) is 5.16 Å². The third-order valence-corrected chi connectivity index (χ3v) is 6.43. The molecule has 0 fully saturated rings. The standard InChI is InChI=1S/C29H23N3O3S/c1-20-11-13-21(14-12-20)30-27(33)19-36-29-31-26-10-6-5-9-25(26)28(34)32(29)22-15-17-24(18-16-22)35-23-7-3-2-4-8-23/h2-18H,19H2,1H3,(H,30,33). The number of ether oxygens (including phenoxy) is 1. The van der Waals surface area contributed by atoms with Crippen LogP contribution in [0.4, 0.5) is 5.69 Å². The quantitative estimate of drug-likeness (QED) is 0.215. The number of para-hydroxylation sites is 2. The van der Waals surface area contributed by atoms with Crippen molar-refractivity contribution in [2.45, 2.75) is 12.1 Å². The summed E-state index contributed by atoms with van der Waals surface area (Å²) in [6, 6.07) is 31.5. The first-order chi connectivity index (χ1) is 17.6. The Morgan fingerprint density at radius 3 is 2.28 bits per heavy atom. The predicted octanol–water partition coefficient (Wildman–Crippen LogP) is 6.22. The van der Waals surface area contributed by atoms with E-state index in [0.717, 1.165) is 17.0 Å². The molecule has 178 valence electrons. The Morgan fingerprint density at radius 1 is 0.861 bits per heavy atom. The number of hydrogen-bond donors (Lipinski definition) is 1. The number of benzene rings is 4. The predicted molar refractivity (Wildman–Crippen MR) is 144 cm³/mol. The topological polar surface area (TPSA) is 73.2 Å². The molecule has 0 saturated carbocycles. The number of hydrogen-bond acceptors (Lipinski definition) is 5. The fourth-order valence-corrected chi connectivity index (χ4v) is 4.50. The molecule has 1 aromatic heterocycles. The van der Waals surface area contributed by atoms with E-state index in [4.69, 9.17) is 9.72 Å². The molecule has 1 N–H and O–H groups in total. The van der Waals surface area contributed by atoms with Crippen LogP contribution in [0.3, 0.4) is 0 Å². The highest BCUT2D eigenvalue weighted by Crippen LogP contribution is 2.25. The summed E-state index contributed by atoms with van der Waals surface area (Å²) in [7, 11) is 0. The van der Waals surface area contributed by atoms with Crippen molar-refractivity contribution in [2.75, 3.05) is 11.1 Å². The molecule has 0 saturated heterocycles. The minimum Gasteiger partial charge on any atom is -0.457 e. The van der Waals surface area contributed by atoms with Gasteiger partial charge in [-0.3, -0.25) is 14.2 Å². The van der Waals surface area contributed by atoms with Crippen LogP contribution in [0.5, 0.6) is 11.5 Å². The monoisotopic (exact) mass is 493 g/mol. The summed E-state index contributed by atoms with van der Waals surface area (Å²) in [5.41, 5.74) is 2.87. The number of carbonyl (C=O) groups is 1. The number of carbonyl (C=O) groups excluding carboxylic acids is 1. The molecular formula is C29H23N3O3S. The van der Waals surface area contributed by atoms with Crippen molar-refractivity contribution >= 4 is 34.3 Å². The van der Waals surface area contributed by atoms with Gasteiger partial charge in [-0.2, -0.15) is 0 Å². The highest BCUT2D eigenvalue weighted by molar-refractivity contribution is 7.99. The molecule has 1 amide bonds. The summed E-state index contributed by atoms with van der Waals surface area (Å²) in [5, 5.41) is 3.84. The van der Waals surface area contributed by atoms with Gasteiger partial charge in [0.25, 0.3) is 5.56 Å². The van der Waals surface area contributed by atoms with Crippen molar-refractivity contribution in [3.63, 3.8) is 0 Å². The molecule has 1 heterocycles. The SMILES string of the molecule is Cc1ccc(NC(=O)CSc2nc3ccccc3c(=O)n2-c2ccc(Oc3ccccc3)cc2)cc1. The molecule has 0 spiro atoms. The molecule has 0 bridgehead atoms. The van der Waals surface area contributed by atoms with E-state index in [1.165, 1.54) is 11.8 Å². The van der Waals surface area contributed by atoms with Gasteiger partial charge in [-0.25, -0.2) is 4.98 Å². The van der Waals surface area contributed by atoms with E-state index >= 15 is 0 Å². The Kier molecular flexibility index (Phi) is 6.82. The molecule has 0 atom stereocenters. The van der Waals surface area contributed by atoms with E-state index in [0.29, 0.717) is 27.5 Å². The minimum atomic E-state index is -0.196. The lowest BCUT2D eigenvalue weighted by atomic mass is 10.2. The summed E-state index contributed by atoms with van der Waals surface area (Å²) < 4.78 is 7.42. The average Bonchev–Trinajstić information content (AvgIpc) is 2.90. The fraction of sp³-hybridized carbons (Fsp3) is 0.0690. The van der Waals surface area contributed by atoms with E-state index in [1.54, 1.807) is 16.7 Å². The van der Waals surface area contributed by atoms with Crippen molar-refractivity contribution in [3.05, 3.63) is 119 Å². The third kappa shape index (κ3) is 5.31. The van der Waals surface area contributed by atoms with E-state index in [2.05, 4.69) is 5.32 Å². The van der Waals surface area contributed by atoms with Crippen LogP contribution in [-0.2, 0) is 4.79 Å². The second-order valence-electron chi connectivity index (χ2n) is 8.16. The summed E-state index contributed by atoms with van der Waals surface area (Å²) in [4.78, 5) is 30.8. The second kappa shape index (κ2) is 10.5. The van der Waals surface area contributed by atoms with E-state index in [1.807, 2.05) is 97.9 Å². The van der Waals surface area contributed by atoms with E-state index < -0.39 is 0 Å². The molecule has 5 rings (SSSR count). The summed E-state index contributed by atoms with van der Waals surface area (Å²) in [6.45, 7) is 1.99. The van der Waals surface area contributed by atoms with Crippen LogP contribution in [-0.4, -0.2) is 21.2 Å². The van der Waals surface area contributed by atoms with E-state index in [9.17, 15) is 9.59 Å². The summed E-state index contributed by atoms with van der Waals surface area (Å²) >= 11 is 1.22. The van der Waals surface area contributed by atoms with Crippen molar-refractivity contribution in [3.8, 4) is 17.2 Å². The number of thioether (sulfide) groups is 1. The van der Waals surface area contributed by atoms with Gasteiger partial charge in [0.2, 0.25) is 5.91 Å². The number of aryl methyl sites for hydroxylation is 1. The summed E-state index contributed by atoms with van der Waals surface area (Å²) in [6.07, 6.45) is 0. The Hall–Kier alpha value is -4.36. The van der Waals surface area contributed by atoms with Gasteiger partial charge in [-0.1, -0.05) is 59.8 Å². The molecule has 0 aliphatic heterocycles. The lowest BCUT2D eigenvalue weighted by Crippen LogP contribution is -2.23. The molecule has 4 aromatic carbocycles. The van der Waals surface area contributed by atoms with Crippen LogP contribution in [0, 0.1) is 6.92 Å². The average molecular weight is 494 g/mol.